The van der Waals surface area contributed by atoms with E-state index in [1.54, 1.807) is 0 Å². The fourth-order valence-electron chi connectivity index (χ4n) is 6.00. The molecule has 208 valence electrons. The van der Waals surface area contributed by atoms with Crippen molar-refractivity contribution in [1.29, 1.82) is 0 Å². The molecule has 3 saturated heterocycles. The normalized spacial score (nSPS) is 27.6. The van der Waals surface area contributed by atoms with Gasteiger partial charge in [-0.1, -0.05) is 0 Å². The van der Waals surface area contributed by atoms with Crippen molar-refractivity contribution < 1.29 is 26.7 Å². The van der Waals surface area contributed by atoms with Crippen molar-refractivity contribution in [2.45, 2.75) is 82.0 Å². The Bertz CT molecular complexity index is 1150. The summed E-state index contributed by atoms with van der Waals surface area (Å²) < 4.78 is 75.7. The highest BCUT2D eigenvalue weighted by Crippen LogP contribution is 2.40. The molecule has 38 heavy (non-hydrogen) atoms. The van der Waals surface area contributed by atoms with E-state index < -0.39 is 35.6 Å². The minimum absolute atomic E-state index is 0.00387. The van der Waals surface area contributed by atoms with Crippen molar-refractivity contribution in [3.63, 3.8) is 0 Å². The zero-order valence-corrected chi connectivity index (χ0v) is 21.4. The van der Waals surface area contributed by atoms with Gasteiger partial charge in [0.05, 0.1) is 11.8 Å². The van der Waals surface area contributed by atoms with Gasteiger partial charge in [0, 0.05) is 29.9 Å². The molecule has 0 aliphatic carbocycles. The van der Waals surface area contributed by atoms with E-state index in [-0.39, 0.29) is 42.0 Å². The van der Waals surface area contributed by atoms with Crippen LogP contribution in [0.25, 0.3) is 0 Å². The number of halogens is 5. The Morgan fingerprint density at radius 2 is 2.03 bits per heavy atom. The third-order valence-corrected chi connectivity index (χ3v) is 7.71. The number of alkyl halides is 4. The molecular formula is C26H33F5N6O. The van der Waals surface area contributed by atoms with E-state index >= 15 is 0 Å². The summed E-state index contributed by atoms with van der Waals surface area (Å²) in [5, 5.41) is 8.79. The summed E-state index contributed by atoms with van der Waals surface area (Å²) in [5.41, 5.74) is -1.03. The van der Waals surface area contributed by atoms with Crippen LogP contribution in [0.3, 0.4) is 0 Å². The SMILES string of the molecule is CC1(C)C[C@H](Nc2nc(Nc3ccc(O[C@@H]4CCNC[C@H]4F)c(C(F)(F)F)c3)ncc2F)C[C@@H]2CCCN21. The van der Waals surface area contributed by atoms with Gasteiger partial charge in [0.2, 0.25) is 5.95 Å². The number of piperidine rings is 2. The quantitative estimate of drug-likeness (QED) is 0.431. The summed E-state index contributed by atoms with van der Waals surface area (Å²) in [6.45, 7) is 5.93. The van der Waals surface area contributed by atoms with Crippen LogP contribution >= 0.6 is 0 Å². The number of nitrogens with zero attached hydrogens (tertiary/aromatic N) is 3. The van der Waals surface area contributed by atoms with Gasteiger partial charge in [0.25, 0.3) is 0 Å². The second-order valence-corrected chi connectivity index (χ2v) is 11.0. The number of aromatic nitrogens is 2. The molecule has 1 aromatic carbocycles. The highest BCUT2D eigenvalue weighted by atomic mass is 19.4. The first-order chi connectivity index (χ1) is 18.0. The molecule has 0 saturated carbocycles. The van der Waals surface area contributed by atoms with Gasteiger partial charge >= 0.3 is 6.18 Å². The molecule has 0 unspecified atom stereocenters. The highest BCUT2D eigenvalue weighted by molar-refractivity contribution is 5.59. The maximum atomic E-state index is 14.6. The van der Waals surface area contributed by atoms with Gasteiger partial charge in [-0.25, -0.2) is 13.8 Å². The Kier molecular flexibility index (Phi) is 7.38. The van der Waals surface area contributed by atoms with Gasteiger partial charge in [-0.05, 0) is 77.2 Å². The van der Waals surface area contributed by atoms with E-state index in [1.807, 2.05) is 0 Å². The topological polar surface area (TPSA) is 74.3 Å². The molecular weight excluding hydrogens is 507 g/mol. The van der Waals surface area contributed by atoms with E-state index in [1.165, 1.54) is 6.07 Å². The fourth-order valence-corrected chi connectivity index (χ4v) is 6.00. The maximum Gasteiger partial charge on any atom is 0.420 e. The van der Waals surface area contributed by atoms with Crippen molar-refractivity contribution in [2.24, 2.45) is 0 Å². The molecule has 4 atom stereocenters. The Morgan fingerprint density at radius 3 is 2.79 bits per heavy atom. The predicted molar refractivity (Wildman–Crippen MR) is 134 cm³/mol. The largest absolute Gasteiger partial charge is 0.487 e. The van der Waals surface area contributed by atoms with Crippen molar-refractivity contribution in [2.75, 3.05) is 30.3 Å². The molecule has 3 aliphatic rings. The smallest absolute Gasteiger partial charge is 0.420 e. The zero-order chi connectivity index (χ0) is 27.1. The van der Waals surface area contributed by atoms with Crippen LogP contribution in [-0.4, -0.2) is 64.4 Å². The molecule has 0 bridgehead atoms. The van der Waals surface area contributed by atoms with Crippen LogP contribution in [-0.2, 0) is 6.18 Å². The molecule has 3 N–H and O–H groups in total. The lowest BCUT2D eigenvalue weighted by Gasteiger charge is -2.47. The molecule has 7 nitrogen and oxygen atoms in total. The Hall–Kier alpha value is -2.73. The molecule has 12 heteroatoms. The van der Waals surface area contributed by atoms with Gasteiger partial charge < -0.3 is 20.7 Å². The van der Waals surface area contributed by atoms with Crippen LogP contribution in [0, 0.1) is 5.82 Å². The lowest BCUT2D eigenvalue weighted by molar-refractivity contribution is -0.139. The minimum atomic E-state index is -4.73. The second-order valence-electron chi connectivity index (χ2n) is 11.0. The molecule has 1 aromatic heterocycles. The molecule has 3 fully saturated rings. The molecule has 0 amide bonds. The summed E-state index contributed by atoms with van der Waals surface area (Å²) in [7, 11) is 0. The van der Waals surface area contributed by atoms with E-state index in [4.69, 9.17) is 4.74 Å². The highest BCUT2D eigenvalue weighted by Gasteiger charge is 2.43. The third-order valence-electron chi connectivity index (χ3n) is 7.71. The number of ether oxygens (including phenoxy) is 1. The average molecular weight is 541 g/mol. The lowest BCUT2D eigenvalue weighted by atomic mass is 9.84. The monoisotopic (exact) mass is 540 g/mol. The van der Waals surface area contributed by atoms with E-state index in [9.17, 15) is 22.0 Å². The van der Waals surface area contributed by atoms with Crippen LogP contribution in [0.15, 0.2) is 24.4 Å². The summed E-state index contributed by atoms with van der Waals surface area (Å²) >= 11 is 0. The number of anilines is 3. The molecule has 5 rings (SSSR count). The first-order valence-electron chi connectivity index (χ1n) is 13.0. The van der Waals surface area contributed by atoms with Gasteiger partial charge in [-0.15, -0.1) is 0 Å². The van der Waals surface area contributed by atoms with Crippen LogP contribution in [0.1, 0.15) is 51.5 Å². The van der Waals surface area contributed by atoms with Crippen molar-refractivity contribution >= 4 is 17.5 Å². The first kappa shape index (κ1) is 26.9. The average Bonchev–Trinajstić information content (AvgIpc) is 3.32. The van der Waals surface area contributed by atoms with Crippen LogP contribution in [0.5, 0.6) is 5.75 Å². The lowest BCUT2D eigenvalue weighted by Crippen LogP contribution is -2.55. The molecule has 3 aliphatic heterocycles. The Balaban J connectivity index is 1.32. The molecule has 2 aromatic rings. The number of benzene rings is 1. The molecule has 0 spiro atoms. The van der Waals surface area contributed by atoms with Crippen LogP contribution < -0.4 is 20.7 Å². The number of rotatable bonds is 6. The van der Waals surface area contributed by atoms with E-state index in [2.05, 4.69) is 44.7 Å². The number of fused-ring (bicyclic) bond motifs is 1. The van der Waals surface area contributed by atoms with Crippen molar-refractivity contribution in [3.8, 4) is 5.75 Å². The summed E-state index contributed by atoms with van der Waals surface area (Å²) in [4.78, 5) is 10.6. The maximum absolute atomic E-state index is 14.6. The third kappa shape index (κ3) is 5.80. The van der Waals surface area contributed by atoms with Gasteiger partial charge in [-0.2, -0.15) is 18.2 Å². The first-order valence-corrected chi connectivity index (χ1v) is 13.0. The van der Waals surface area contributed by atoms with Gasteiger partial charge in [0.1, 0.15) is 18.0 Å². The number of hydrogen-bond acceptors (Lipinski definition) is 7. The summed E-state index contributed by atoms with van der Waals surface area (Å²) in [5.74, 6) is -1.12. The number of nitrogens with one attached hydrogen (secondary N) is 3. The van der Waals surface area contributed by atoms with Crippen molar-refractivity contribution in [1.82, 2.24) is 20.2 Å². The van der Waals surface area contributed by atoms with E-state index in [0.717, 1.165) is 50.6 Å². The Labute approximate surface area is 218 Å². The van der Waals surface area contributed by atoms with Gasteiger partial charge in [0.15, 0.2) is 11.6 Å². The molecule has 0 radical (unpaired) electrons. The zero-order valence-electron chi connectivity index (χ0n) is 21.4. The summed E-state index contributed by atoms with van der Waals surface area (Å²) in [6, 6.07) is 3.82. The summed E-state index contributed by atoms with van der Waals surface area (Å²) in [6.07, 6.45) is -1.93. The van der Waals surface area contributed by atoms with Gasteiger partial charge in [-0.3, -0.25) is 4.90 Å². The fraction of sp³-hybridized carbons (Fsp3) is 0.615. The van der Waals surface area contributed by atoms with Crippen LogP contribution in [0.2, 0.25) is 0 Å². The van der Waals surface area contributed by atoms with Crippen LogP contribution in [0.4, 0.5) is 39.4 Å². The molecule has 4 heterocycles. The number of hydrogen-bond donors (Lipinski definition) is 3. The predicted octanol–water partition coefficient (Wildman–Crippen LogP) is 5.27. The minimum Gasteiger partial charge on any atom is -0.487 e. The standard InChI is InChI=1S/C26H33F5N6O/c1-25(2)12-16(10-17-4-3-9-37(17)25)34-23-20(28)14-33-24(36-23)35-15-5-6-21(18(11-15)26(29,30)31)38-22-7-8-32-13-19(22)27/h5-6,11,14,16-17,19,22,32H,3-4,7-10,12-13H2,1-2H3,(H2,33,34,35,36)/t16-,17+,19-,22-/m1/s1. The Morgan fingerprint density at radius 1 is 1.21 bits per heavy atom. The second kappa shape index (κ2) is 10.4. The van der Waals surface area contributed by atoms with E-state index in [0.29, 0.717) is 12.6 Å². The van der Waals surface area contributed by atoms with Crippen molar-refractivity contribution in [3.05, 3.63) is 35.8 Å².